The highest BCUT2D eigenvalue weighted by Gasteiger charge is 2.41. The van der Waals surface area contributed by atoms with Crippen molar-refractivity contribution in [3.63, 3.8) is 0 Å². The van der Waals surface area contributed by atoms with Crippen LogP contribution in [0, 0.1) is 0 Å². The second-order valence-corrected chi connectivity index (χ2v) is 5.93. The predicted octanol–water partition coefficient (Wildman–Crippen LogP) is 1.33. The van der Waals surface area contributed by atoms with E-state index < -0.39 is 5.60 Å². The number of amides is 1. The second-order valence-electron chi connectivity index (χ2n) is 5.93. The van der Waals surface area contributed by atoms with Crippen molar-refractivity contribution < 1.29 is 19.4 Å². The van der Waals surface area contributed by atoms with Gasteiger partial charge >= 0.3 is 0 Å². The van der Waals surface area contributed by atoms with Crippen LogP contribution >= 0.6 is 0 Å². The minimum atomic E-state index is -1.37. The summed E-state index contributed by atoms with van der Waals surface area (Å²) in [7, 11) is 3.16. The molecule has 1 aliphatic rings. The molecular weight excluding hydrogens is 308 g/mol. The molecule has 0 aliphatic carbocycles. The molecule has 1 heterocycles. The zero-order valence-electron chi connectivity index (χ0n) is 14.4. The van der Waals surface area contributed by atoms with Crippen molar-refractivity contribution in [3.8, 4) is 11.5 Å². The van der Waals surface area contributed by atoms with Crippen LogP contribution in [0.5, 0.6) is 11.5 Å². The molecule has 24 heavy (non-hydrogen) atoms. The molecule has 0 saturated carbocycles. The highest BCUT2D eigenvalue weighted by atomic mass is 16.5. The Morgan fingerprint density at radius 1 is 1.42 bits per heavy atom. The number of benzene rings is 1. The monoisotopic (exact) mass is 334 g/mol. The molecule has 6 nitrogen and oxygen atoms in total. The van der Waals surface area contributed by atoms with Gasteiger partial charge in [-0.1, -0.05) is 18.2 Å². The number of hydrogen-bond donors (Lipinski definition) is 2. The van der Waals surface area contributed by atoms with E-state index in [1.807, 2.05) is 18.2 Å². The van der Waals surface area contributed by atoms with E-state index in [9.17, 15) is 9.90 Å². The molecular formula is C18H26N2O4. The summed E-state index contributed by atoms with van der Waals surface area (Å²) in [6.07, 6.45) is 2.92. The molecule has 1 aromatic rings. The van der Waals surface area contributed by atoms with Crippen molar-refractivity contribution >= 4 is 5.91 Å². The lowest BCUT2D eigenvalue weighted by atomic mass is 9.91. The molecule has 6 heteroatoms. The van der Waals surface area contributed by atoms with Crippen molar-refractivity contribution in [2.75, 3.05) is 33.9 Å². The number of ether oxygens (including phenoxy) is 2. The first-order valence-corrected chi connectivity index (χ1v) is 8.09. The van der Waals surface area contributed by atoms with E-state index in [2.05, 4.69) is 11.9 Å². The number of nitrogens with zero attached hydrogens (tertiary/aromatic N) is 1. The van der Waals surface area contributed by atoms with Crippen LogP contribution in [0.3, 0.4) is 0 Å². The Morgan fingerprint density at radius 2 is 2.21 bits per heavy atom. The first-order chi connectivity index (χ1) is 11.6. The fraction of sp³-hybridized carbons (Fsp3) is 0.500. The zero-order chi connectivity index (χ0) is 17.6. The fourth-order valence-electron chi connectivity index (χ4n) is 3.04. The van der Waals surface area contributed by atoms with Crippen LogP contribution in [-0.2, 0) is 11.3 Å². The Morgan fingerprint density at radius 3 is 2.88 bits per heavy atom. The van der Waals surface area contributed by atoms with E-state index >= 15 is 0 Å². The quantitative estimate of drug-likeness (QED) is 0.554. The number of piperidine rings is 1. The summed E-state index contributed by atoms with van der Waals surface area (Å²) >= 11 is 0. The Labute approximate surface area is 143 Å². The summed E-state index contributed by atoms with van der Waals surface area (Å²) in [5, 5.41) is 13.7. The number of carbonyl (C=O) groups is 1. The first kappa shape index (κ1) is 18.3. The molecule has 2 N–H and O–H groups in total. The smallest absolute Gasteiger partial charge is 0.256 e. The molecule has 0 bridgehead atoms. The third kappa shape index (κ3) is 3.88. The third-order valence-corrected chi connectivity index (χ3v) is 4.26. The topological polar surface area (TPSA) is 71.0 Å². The maximum atomic E-state index is 12.7. The van der Waals surface area contributed by atoms with E-state index in [0.717, 1.165) is 12.0 Å². The van der Waals surface area contributed by atoms with Crippen LogP contribution in [0.4, 0.5) is 0 Å². The number of aliphatic hydroxyl groups is 1. The summed E-state index contributed by atoms with van der Waals surface area (Å²) in [5.41, 5.74) is -0.513. The van der Waals surface area contributed by atoms with Crippen LogP contribution in [0.25, 0.3) is 0 Å². The van der Waals surface area contributed by atoms with Gasteiger partial charge in [-0.3, -0.25) is 4.79 Å². The van der Waals surface area contributed by atoms with Gasteiger partial charge in [0.1, 0.15) is 0 Å². The lowest BCUT2D eigenvalue weighted by Gasteiger charge is -2.38. The third-order valence-electron chi connectivity index (χ3n) is 4.26. The van der Waals surface area contributed by atoms with Crippen molar-refractivity contribution in [3.05, 3.63) is 36.4 Å². The van der Waals surface area contributed by atoms with Gasteiger partial charge in [-0.25, -0.2) is 0 Å². The molecule has 0 aromatic heterocycles. The van der Waals surface area contributed by atoms with Crippen LogP contribution < -0.4 is 14.8 Å². The number of likely N-dealkylation sites (tertiary alicyclic amines) is 1. The summed E-state index contributed by atoms with van der Waals surface area (Å²) in [6, 6.07) is 5.58. The number of nitrogens with one attached hydrogen (secondary N) is 1. The second kappa shape index (κ2) is 8.17. The molecule has 0 spiro atoms. The van der Waals surface area contributed by atoms with Gasteiger partial charge in [0.25, 0.3) is 5.91 Å². The normalized spacial score (nSPS) is 20.8. The van der Waals surface area contributed by atoms with Gasteiger partial charge in [-0.15, -0.1) is 6.58 Å². The standard InChI is InChI=1S/C18H26N2O4/c1-4-10-19-13-18(22)9-6-11-20(17(18)21)12-14-7-5-8-15(23-2)16(14)24-3/h4-5,7-8,19,22H,1,6,9-13H2,2-3H3/t18-/m1/s1. The molecule has 2 rings (SSSR count). The van der Waals surface area contributed by atoms with Gasteiger partial charge in [-0.05, 0) is 18.9 Å². The number of carbonyl (C=O) groups excluding carboxylic acids is 1. The predicted molar refractivity (Wildman–Crippen MR) is 92.2 cm³/mol. The minimum absolute atomic E-state index is 0.226. The Bertz CT molecular complexity index is 590. The molecule has 0 radical (unpaired) electrons. The van der Waals surface area contributed by atoms with Crippen LogP contribution in [-0.4, -0.2) is 55.4 Å². The van der Waals surface area contributed by atoms with E-state index in [-0.39, 0.29) is 12.5 Å². The van der Waals surface area contributed by atoms with Gasteiger partial charge in [0.05, 0.1) is 14.2 Å². The summed E-state index contributed by atoms with van der Waals surface area (Å²) in [6.45, 7) is 5.40. The molecule has 1 saturated heterocycles. The number of hydrogen-bond acceptors (Lipinski definition) is 5. The lowest BCUT2D eigenvalue weighted by Crippen LogP contribution is -2.57. The number of methoxy groups -OCH3 is 2. The van der Waals surface area contributed by atoms with E-state index in [1.165, 1.54) is 0 Å². The molecule has 1 atom stereocenters. The molecule has 1 amide bonds. The Hall–Kier alpha value is -2.05. The van der Waals surface area contributed by atoms with Crippen LogP contribution in [0.15, 0.2) is 30.9 Å². The van der Waals surface area contributed by atoms with Crippen LogP contribution in [0.1, 0.15) is 18.4 Å². The van der Waals surface area contributed by atoms with Crippen molar-refractivity contribution in [2.24, 2.45) is 0 Å². The Kier molecular flexibility index (Phi) is 6.23. The van der Waals surface area contributed by atoms with Gasteiger partial charge < -0.3 is 24.8 Å². The van der Waals surface area contributed by atoms with Gasteiger partial charge in [0.15, 0.2) is 17.1 Å². The SMILES string of the molecule is C=CCNC[C@]1(O)CCCN(Cc2cccc(OC)c2OC)C1=O. The van der Waals surface area contributed by atoms with Crippen molar-refractivity contribution in [1.29, 1.82) is 0 Å². The summed E-state index contributed by atoms with van der Waals surface area (Å²) in [5.74, 6) is 0.990. The largest absolute Gasteiger partial charge is 0.493 e. The van der Waals surface area contributed by atoms with Crippen LogP contribution in [0.2, 0.25) is 0 Å². The molecule has 1 aromatic carbocycles. The van der Waals surface area contributed by atoms with Crippen molar-refractivity contribution in [1.82, 2.24) is 10.2 Å². The number of para-hydroxylation sites is 1. The number of rotatable bonds is 8. The molecule has 0 unspecified atom stereocenters. The maximum absolute atomic E-state index is 12.7. The average molecular weight is 334 g/mol. The summed E-state index contributed by atoms with van der Waals surface area (Å²) < 4.78 is 10.7. The van der Waals surface area contributed by atoms with E-state index in [4.69, 9.17) is 9.47 Å². The minimum Gasteiger partial charge on any atom is -0.493 e. The first-order valence-electron chi connectivity index (χ1n) is 8.09. The average Bonchev–Trinajstić information content (AvgIpc) is 2.59. The van der Waals surface area contributed by atoms with Crippen molar-refractivity contribution in [2.45, 2.75) is 25.0 Å². The molecule has 1 aliphatic heterocycles. The van der Waals surface area contributed by atoms with E-state index in [1.54, 1.807) is 25.2 Å². The highest BCUT2D eigenvalue weighted by molar-refractivity contribution is 5.86. The highest BCUT2D eigenvalue weighted by Crippen LogP contribution is 2.33. The van der Waals surface area contributed by atoms with E-state index in [0.29, 0.717) is 37.6 Å². The summed E-state index contributed by atoms with van der Waals surface area (Å²) in [4.78, 5) is 14.4. The maximum Gasteiger partial charge on any atom is 0.256 e. The molecule has 1 fully saturated rings. The molecule has 132 valence electrons. The lowest BCUT2D eigenvalue weighted by molar-refractivity contribution is -0.157. The Balaban J connectivity index is 2.15. The fourth-order valence-corrected chi connectivity index (χ4v) is 3.04. The van der Waals surface area contributed by atoms with Gasteiger partial charge in [-0.2, -0.15) is 0 Å². The van der Waals surface area contributed by atoms with Gasteiger partial charge in [0, 0.05) is 31.7 Å². The zero-order valence-corrected chi connectivity index (χ0v) is 14.4. The van der Waals surface area contributed by atoms with Gasteiger partial charge in [0.2, 0.25) is 0 Å².